The van der Waals surface area contributed by atoms with Gasteiger partial charge in [0.15, 0.2) is 0 Å². The summed E-state index contributed by atoms with van der Waals surface area (Å²) in [7, 11) is 0. The lowest BCUT2D eigenvalue weighted by atomic mass is 9.80. The molecule has 1 aromatic rings. The molecular weight excluding hydrogens is 184 g/mol. The van der Waals surface area contributed by atoms with E-state index in [1.54, 1.807) is 11.1 Å². The predicted octanol–water partition coefficient (Wildman–Crippen LogP) is 2.62. The lowest BCUT2D eigenvalue weighted by molar-refractivity contribution is -0.118. The van der Waals surface area contributed by atoms with Crippen molar-refractivity contribution in [3.05, 3.63) is 34.4 Å². The Morgan fingerprint density at radius 2 is 1.53 bits per heavy atom. The van der Waals surface area contributed by atoms with Crippen molar-refractivity contribution in [3.8, 4) is 0 Å². The lowest BCUT2D eigenvalue weighted by Crippen LogP contribution is -2.17. The molecule has 3 rings (SSSR count). The highest BCUT2D eigenvalue weighted by Crippen LogP contribution is 2.30. The Bertz CT molecular complexity index is 418. The fourth-order valence-corrected chi connectivity index (χ4v) is 3.00. The normalized spacial score (nSPS) is 19.6. The maximum absolute atomic E-state index is 11.4. The third kappa shape index (κ3) is 1.50. The summed E-state index contributed by atoms with van der Waals surface area (Å²) in [5, 5.41) is 0. The van der Waals surface area contributed by atoms with Gasteiger partial charge in [-0.2, -0.15) is 0 Å². The second-order valence-corrected chi connectivity index (χ2v) is 4.76. The molecule has 0 saturated heterocycles. The van der Waals surface area contributed by atoms with E-state index < -0.39 is 0 Å². The molecule has 0 saturated carbocycles. The zero-order chi connectivity index (χ0) is 10.3. The van der Waals surface area contributed by atoms with Crippen molar-refractivity contribution >= 4 is 5.78 Å². The molecule has 1 nitrogen and oxygen atoms in total. The zero-order valence-corrected chi connectivity index (χ0v) is 9.01. The Balaban J connectivity index is 2.10. The topological polar surface area (TPSA) is 17.1 Å². The molecule has 0 spiro atoms. The number of ketones is 1. The second-order valence-electron chi connectivity index (χ2n) is 4.76. The van der Waals surface area contributed by atoms with Crippen LogP contribution in [0, 0.1) is 0 Å². The molecule has 2 aliphatic rings. The van der Waals surface area contributed by atoms with Crippen LogP contribution < -0.4 is 0 Å². The number of hydrogen-bond acceptors (Lipinski definition) is 1. The number of Topliss-reactive ketones (excluding diaryl/α,β-unsaturated/α-hetero) is 1. The minimum absolute atomic E-state index is 0.415. The molecule has 0 aromatic heterocycles. The molecule has 0 amide bonds. The van der Waals surface area contributed by atoms with Gasteiger partial charge >= 0.3 is 0 Å². The summed E-state index contributed by atoms with van der Waals surface area (Å²) < 4.78 is 0. The summed E-state index contributed by atoms with van der Waals surface area (Å²) in [5.41, 5.74) is 5.97. The fourth-order valence-electron chi connectivity index (χ4n) is 3.00. The van der Waals surface area contributed by atoms with Crippen LogP contribution in [0.1, 0.15) is 41.5 Å². The monoisotopic (exact) mass is 200 g/mol. The fraction of sp³-hybridized carbons (Fsp3) is 0.500. The van der Waals surface area contributed by atoms with Gasteiger partial charge in [0.25, 0.3) is 0 Å². The molecule has 0 heterocycles. The van der Waals surface area contributed by atoms with Crippen LogP contribution in [0.2, 0.25) is 0 Å². The van der Waals surface area contributed by atoms with E-state index in [0.717, 1.165) is 12.8 Å². The highest BCUT2D eigenvalue weighted by molar-refractivity contribution is 5.83. The number of carbonyl (C=O) groups excluding carboxylic acids is 1. The molecule has 2 aliphatic carbocycles. The van der Waals surface area contributed by atoms with E-state index in [2.05, 4.69) is 12.1 Å². The third-order valence-electron chi connectivity index (χ3n) is 3.79. The molecular formula is C14H16O. The van der Waals surface area contributed by atoms with Crippen LogP contribution in [-0.4, -0.2) is 5.78 Å². The summed E-state index contributed by atoms with van der Waals surface area (Å²) >= 11 is 0. The molecule has 0 aliphatic heterocycles. The highest BCUT2D eigenvalue weighted by atomic mass is 16.1. The first kappa shape index (κ1) is 9.14. The number of carbonyl (C=O) groups is 1. The largest absolute Gasteiger partial charge is 0.299 e. The smallest absolute Gasteiger partial charge is 0.137 e. The van der Waals surface area contributed by atoms with E-state index in [9.17, 15) is 4.79 Å². The molecule has 0 atom stereocenters. The SMILES string of the molecule is O=C1CCc2c(ccc3c2CCCC3)C1. The van der Waals surface area contributed by atoms with Crippen LogP contribution >= 0.6 is 0 Å². The molecule has 1 heteroatoms. The van der Waals surface area contributed by atoms with E-state index in [-0.39, 0.29) is 0 Å². The average Bonchev–Trinajstić information content (AvgIpc) is 2.28. The minimum atomic E-state index is 0.415. The van der Waals surface area contributed by atoms with E-state index in [1.807, 2.05) is 0 Å². The van der Waals surface area contributed by atoms with E-state index in [0.29, 0.717) is 12.2 Å². The summed E-state index contributed by atoms with van der Waals surface area (Å²) in [6, 6.07) is 4.45. The maximum atomic E-state index is 11.4. The first-order valence-electron chi connectivity index (χ1n) is 5.99. The van der Waals surface area contributed by atoms with Gasteiger partial charge in [0.1, 0.15) is 5.78 Å². The van der Waals surface area contributed by atoms with Gasteiger partial charge in [-0.3, -0.25) is 4.79 Å². The molecule has 78 valence electrons. The Hall–Kier alpha value is -1.11. The second kappa shape index (κ2) is 3.48. The first-order valence-corrected chi connectivity index (χ1v) is 5.99. The van der Waals surface area contributed by atoms with Crippen molar-refractivity contribution in [3.63, 3.8) is 0 Å². The lowest BCUT2D eigenvalue weighted by Gasteiger charge is -2.24. The number of rotatable bonds is 0. The van der Waals surface area contributed by atoms with Crippen molar-refractivity contribution < 1.29 is 4.79 Å². The number of benzene rings is 1. The van der Waals surface area contributed by atoms with Gasteiger partial charge in [-0.25, -0.2) is 0 Å². The molecule has 1 aromatic carbocycles. The highest BCUT2D eigenvalue weighted by Gasteiger charge is 2.21. The summed E-state index contributed by atoms with van der Waals surface area (Å²) in [4.78, 5) is 11.4. The summed E-state index contributed by atoms with van der Waals surface area (Å²) in [5.74, 6) is 0.415. The van der Waals surface area contributed by atoms with E-state index >= 15 is 0 Å². The number of fused-ring (bicyclic) bond motifs is 3. The van der Waals surface area contributed by atoms with Crippen molar-refractivity contribution in [1.82, 2.24) is 0 Å². The number of aryl methyl sites for hydroxylation is 1. The van der Waals surface area contributed by atoms with Crippen LogP contribution in [0.15, 0.2) is 12.1 Å². The Morgan fingerprint density at radius 1 is 0.800 bits per heavy atom. The van der Waals surface area contributed by atoms with Crippen LogP contribution in [0.5, 0.6) is 0 Å². The van der Waals surface area contributed by atoms with Crippen LogP contribution in [0.25, 0.3) is 0 Å². The summed E-state index contributed by atoms with van der Waals surface area (Å²) in [6.45, 7) is 0. The Morgan fingerprint density at radius 3 is 2.47 bits per heavy atom. The van der Waals surface area contributed by atoms with Gasteiger partial charge in [0.2, 0.25) is 0 Å². The van der Waals surface area contributed by atoms with Gasteiger partial charge in [-0.1, -0.05) is 12.1 Å². The predicted molar refractivity (Wildman–Crippen MR) is 60.1 cm³/mol. The van der Waals surface area contributed by atoms with Crippen molar-refractivity contribution in [2.75, 3.05) is 0 Å². The van der Waals surface area contributed by atoms with Gasteiger partial charge in [-0.15, -0.1) is 0 Å². The van der Waals surface area contributed by atoms with Crippen molar-refractivity contribution in [2.24, 2.45) is 0 Å². The summed E-state index contributed by atoms with van der Waals surface area (Å²) in [6.07, 6.45) is 7.61. The van der Waals surface area contributed by atoms with Gasteiger partial charge in [0, 0.05) is 12.8 Å². The van der Waals surface area contributed by atoms with Gasteiger partial charge < -0.3 is 0 Å². The Kier molecular flexibility index (Phi) is 2.12. The maximum Gasteiger partial charge on any atom is 0.137 e. The van der Waals surface area contributed by atoms with Crippen LogP contribution in [0.4, 0.5) is 0 Å². The van der Waals surface area contributed by atoms with Crippen LogP contribution in [-0.2, 0) is 30.5 Å². The quantitative estimate of drug-likeness (QED) is 0.629. The number of hydrogen-bond donors (Lipinski definition) is 0. The van der Waals surface area contributed by atoms with Crippen LogP contribution in [0.3, 0.4) is 0 Å². The first-order chi connectivity index (χ1) is 7.34. The van der Waals surface area contributed by atoms with Crippen molar-refractivity contribution in [1.29, 1.82) is 0 Å². The van der Waals surface area contributed by atoms with Crippen molar-refractivity contribution in [2.45, 2.75) is 44.9 Å². The molecule has 15 heavy (non-hydrogen) atoms. The molecule has 0 fully saturated rings. The van der Waals surface area contributed by atoms with E-state index in [4.69, 9.17) is 0 Å². The minimum Gasteiger partial charge on any atom is -0.299 e. The zero-order valence-electron chi connectivity index (χ0n) is 9.01. The van der Waals surface area contributed by atoms with E-state index in [1.165, 1.54) is 36.8 Å². The average molecular weight is 200 g/mol. The standard InChI is InChI=1S/C14H16O/c15-12-7-8-14-11(9-12)6-5-10-3-1-2-4-13(10)14/h5-6H,1-4,7-9H2. The molecule has 0 radical (unpaired) electrons. The Labute approximate surface area is 90.5 Å². The molecule has 0 bridgehead atoms. The van der Waals surface area contributed by atoms with Gasteiger partial charge in [-0.05, 0) is 54.4 Å². The molecule has 0 N–H and O–H groups in total. The van der Waals surface area contributed by atoms with Gasteiger partial charge in [0.05, 0.1) is 0 Å². The molecule has 0 unspecified atom stereocenters. The third-order valence-corrected chi connectivity index (χ3v) is 3.79.